The number of likely N-dealkylation sites (N-methyl/N-ethyl adjacent to an activating group) is 1. The van der Waals surface area contributed by atoms with E-state index in [1.165, 1.54) is 12.1 Å². The summed E-state index contributed by atoms with van der Waals surface area (Å²) in [6, 6.07) is 12.1. The molecule has 0 bridgehead atoms. The van der Waals surface area contributed by atoms with Gasteiger partial charge in [0, 0.05) is 25.0 Å². The predicted octanol–water partition coefficient (Wildman–Crippen LogP) is 5.01. The molecule has 0 fully saturated rings. The molecule has 4 N–H and O–H groups in total. The molecule has 0 unspecified atom stereocenters. The average molecular weight is 547 g/mol. The van der Waals surface area contributed by atoms with Gasteiger partial charge < -0.3 is 10.7 Å². The smallest absolute Gasteiger partial charge is 0.397 e. The molecular weight excluding hydrogens is 513 g/mol. The van der Waals surface area contributed by atoms with Gasteiger partial charge in [0.2, 0.25) is 0 Å². The summed E-state index contributed by atoms with van der Waals surface area (Å²) in [4.78, 5) is 16.2. The third-order valence-electron chi connectivity index (χ3n) is 6.29. The van der Waals surface area contributed by atoms with Crippen molar-refractivity contribution in [2.45, 2.75) is 51.9 Å². The number of anilines is 1. The van der Waals surface area contributed by atoms with Crippen molar-refractivity contribution in [3.8, 4) is 6.07 Å². The zero-order chi connectivity index (χ0) is 28.7. The Hall–Kier alpha value is -3.46. The summed E-state index contributed by atoms with van der Waals surface area (Å²) in [6.45, 7) is 6.47. The van der Waals surface area contributed by atoms with Crippen molar-refractivity contribution >= 4 is 35.0 Å². The first kappa shape index (κ1) is 30.8. The van der Waals surface area contributed by atoms with Crippen LogP contribution in [0.5, 0.6) is 0 Å². The SMILES string of the molecule is CCCCN(N)/C=C(\N)c1ccc(CN(C)C(C)(C)C(=O)N(C=S)c2ccc(C#N)c(C(F)(F)F)c2)cc1. The van der Waals surface area contributed by atoms with E-state index in [-0.39, 0.29) is 5.69 Å². The summed E-state index contributed by atoms with van der Waals surface area (Å²) >= 11 is 4.99. The number of carbonyl (C=O) groups excluding carboxylic acids is 1. The highest BCUT2D eigenvalue weighted by molar-refractivity contribution is 7.79. The van der Waals surface area contributed by atoms with Gasteiger partial charge in [0.1, 0.15) is 0 Å². The van der Waals surface area contributed by atoms with Gasteiger partial charge in [-0.05, 0) is 56.6 Å². The predicted molar refractivity (Wildman–Crippen MR) is 147 cm³/mol. The Morgan fingerprint density at radius 1 is 1.16 bits per heavy atom. The minimum Gasteiger partial charge on any atom is -0.397 e. The fraction of sp³-hybridized carbons (Fsp3) is 0.370. The quantitative estimate of drug-likeness (QED) is 0.232. The number of nitriles is 1. The standard InChI is InChI=1S/C27H33F3N6OS/c1-5-6-13-35(33)17-24(32)20-9-7-19(8-10-20)16-34(4)26(2,3)25(37)36(18-38)22-12-11-21(15-31)23(14-22)27(28,29)30/h7-12,14,17-18H,5-6,13,16,32-33H2,1-4H3/b24-17-. The van der Waals surface area contributed by atoms with Gasteiger partial charge in [-0.3, -0.25) is 14.6 Å². The van der Waals surface area contributed by atoms with Crippen LogP contribution in [0.2, 0.25) is 0 Å². The number of thiocarbonyl (C=S) groups is 1. The van der Waals surface area contributed by atoms with Crippen LogP contribution in [0, 0.1) is 11.3 Å². The van der Waals surface area contributed by atoms with Crippen molar-refractivity contribution in [3.63, 3.8) is 0 Å². The number of amides is 1. The molecule has 2 aromatic carbocycles. The molecule has 204 valence electrons. The van der Waals surface area contributed by atoms with Crippen molar-refractivity contribution in [1.29, 1.82) is 5.26 Å². The number of alkyl halides is 3. The Balaban J connectivity index is 2.22. The zero-order valence-corrected chi connectivity index (χ0v) is 22.7. The van der Waals surface area contributed by atoms with Crippen LogP contribution in [-0.2, 0) is 17.5 Å². The number of unbranched alkanes of at least 4 members (excludes halogenated alkanes) is 1. The first-order valence-electron chi connectivity index (χ1n) is 12.0. The lowest BCUT2D eigenvalue weighted by molar-refractivity contribution is -0.137. The van der Waals surface area contributed by atoms with Crippen molar-refractivity contribution in [2.24, 2.45) is 11.6 Å². The molecule has 0 spiro atoms. The first-order chi connectivity index (χ1) is 17.8. The normalized spacial score (nSPS) is 12.3. The lowest BCUT2D eigenvalue weighted by Crippen LogP contribution is -2.54. The lowest BCUT2D eigenvalue weighted by Gasteiger charge is -2.37. The minimum absolute atomic E-state index is 0.0719. The maximum atomic E-state index is 13.5. The zero-order valence-electron chi connectivity index (χ0n) is 21.9. The molecular formula is C27H33F3N6OS. The number of hydrogen-bond donors (Lipinski definition) is 2. The first-order valence-corrected chi connectivity index (χ1v) is 12.4. The van der Waals surface area contributed by atoms with Crippen molar-refractivity contribution in [3.05, 3.63) is 70.9 Å². The van der Waals surface area contributed by atoms with Crippen molar-refractivity contribution < 1.29 is 18.0 Å². The molecule has 0 aliphatic heterocycles. The number of hydrazine groups is 1. The Bertz CT molecular complexity index is 1200. The highest BCUT2D eigenvalue weighted by Crippen LogP contribution is 2.35. The fourth-order valence-corrected chi connectivity index (χ4v) is 3.85. The summed E-state index contributed by atoms with van der Waals surface area (Å²) in [6.07, 6.45) is -1.10. The van der Waals surface area contributed by atoms with Gasteiger partial charge in [-0.25, -0.2) is 5.84 Å². The van der Waals surface area contributed by atoms with E-state index in [9.17, 15) is 18.0 Å². The summed E-state index contributed by atoms with van der Waals surface area (Å²) in [7, 11) is 1.74. The molecule has 0 heterocycles. The molecule has 0 saturated heterocycles. The molecule has 0 aromatic heterocycles. The molecule has 38 heavy (non-hydrogen) atoms. The Kier molecular flexibility index (Phi) is 10.4. The van der Waals surface area contributed by atoms with Gasteiger partial charge in [0.15, 0.2) is 0 Å². The average Bonchev–Trinajstić information content (AvgIpc) is 2.87. The van der Waals surface area contributed by atoms with Crippen LogP contribution in [0.1, 0.15) is 55.9 Å². The summed E-state index contributed by atoms with van der Waals surface area (Å²) in [5.41, 5.74) is 6.51. The van der Waals surface area contributed by atoms with E-state index >= 15 is 0 Å². The van der Waals surface area contributed by atoms with Crippen LogP contribution in [0.15, 0.2) is 48.7 Å². The second-order valence-corrected chi connectivity index (χ2v) is 9.62. The molecule has 0 aliphatic rings. The van der Waals surface area contributed by atoms with Gasteiger partial charge in [0.25, 0.3) is 5.91 Å². The maximum Gasteiger partial charge on any atom is 0.417 e. The number of hydrogen-bond acceptors (Lipinski definition) is 7. The van der Waals surface area contributed by atoms with E-state index in [4.69, 9.17) is 29.1 Å². The van der Waals surface area contributed by atoms with Crippen LogP contribution in [0.25, 0.3) is 5.70 Å². The highest BCUT2D eigenvalue weighted by atomic mass is 32.1. The third kappa shape index (κ3) is 7.54. The molecule has 0 atom stereocenters. The van der Waals surface area contributed by atoms with Crippen LogP contribution in [0.4, 0.5) is 18.9 Å². The molecule has 2 aromatic rings. The van der Waals surface area contributed by atoms with Crippen molar-refractivity contribution in [1.82, 2.24) is 9.91 Å². The molecule has 7 nitrogen and oxygen atoms in total. The highest BCUT2D eigenvalue weighted by Gasteiger charge is 2.38. The fourth-order valence-electron chi connectivity index (χ4n) is 3.63. The second-order valence-electron chi connectivity index (χ2n) is 9.41. The van der Waals surface area contributed by atoms with Crippen LogP contribution < -0.4 is 16.5 Å². The molecule has 0 radical (unpaired) electrons. The summed E-state index contributed by atoms with van der Waals surface area (Å²) < 4.78 is 40.4. The Labute approximate surface area is 227 Å². The van der Waals surface area contributed by atoms with Crippen LogP contribution >= 0.6 is 12.2 Å². The van der Waals surface area contributed by atoms with Gasteiger partial charge >= 0.3 is 6.18 Å². The number of benzene rings is 2. The lowest BCUT2D eigenvalue weighted by atomic mass is 9.99. The van der Waals surface area contributed by atoms with Crippen LogP contribution in [-0.4, -0.2) is 40.4 Å². The number of rotatable bonds is 11. The van der Waals surface area contributed by atoms with Gasteiger partial charge in [-0.2, -0.15) is 18.4 Å². The Morgan fingerprint density at radius 2 is 1.79 bits per heavy atom. The molecule has 11 heteroatoms. The molecule has 0 saturated carbocycles. The van der Waals surface area contributed by atoms with E-state index < -0.39 is 28.7 Å². The summed E-state index contributed by atoms with van der Waals surface area (Å²) in [5, 5.41) is 10.6. The maximum absolute atomic E-state index is 13.5. The van der Waals surface area contributed by atoms with Gasteiger partial charge in [-0.15, -0.1) is 0 Å². The van der Waals surface area contributed by atoms with E-state index in [1.807, 2.05) is 24.3 Å². The minimum atomic E-state index is -4.76. The number of halogens is 3. The van der Waals surface area contributed by atoms with E-state index in [0.717, 1.165) is 46.5 Å². The Morgan fingerprint density at radius 3 is 2.32 bits per heavy atom. The van der Waals surface area contributed by atoms with Gasteiger partial charge in [-0.1, -0.05) is 49.8 Å². The van der Waals surface area contributed by atoms with E-state index in [0.29, 0.717) is 18.8 Å². The van der Waals surface area contributed by atoms with Crippen molar-refractivity contribution in [2.75, 3.05) is 18.5 Å². The van der Waals surface area contributed by atoms with E-state index in [2.05, 4.69) is 6.92 Å². The summed E-state index contributed by atoms with van der Waals surface area (Å²) in [5.74, 6) is 5.42. The van der Waals surface area contributed by atoms with Gasteiger partial charge in [0.05, 0.1) is 33.9 Å². The largest absolute Gasteiger partial charge is 0.417 e. The van der Waals surface area contributed by atoms with Crippen LogP contribution in [0.3, 0.4) is 0 Å². The number of carbonyl (C=O) groups is 1. The monoisotopic (exact) mass is 546 g/mol. The second kappa shape index (κ2) is 12.9. The third-order valence-corrected chi connectivity index (χ3v) is 6.50. The van der Waals surface area contributed by atoms with E-state index in [1.54, 1.807) is 37.0 Å². The number of nitrogens with two attached hydrogens (primary N) is 2. The molecule has 1 amide bonds. The number of nitrogens with zero attached hydrogens (tertiary/aromatic N) is 4. The molecule has 0 aliphatic carbocycles. The molecule has 2 rings (SSSR count). The topological polar surface area (TPSA) is 103 Å².